The van der Waals surface area contributed by atoms with E-state index in [2.05, 4.69) is 6.92 Å². The second-order valence-corrected chi connectivity index (χ2v) is 10.8. The summed E-state index contributed by atoms with van der Waals surface area (Å²) < 4.78 is 26.7. The highest BCUT2D eigenvalue weighted by Gasteiger charge is 2.31. The van der Waals surface area contributed by atoms with Gasteiger partial charge in [-0.05, 0) is 96.8 Å². The molecule has 0 aliphatic heterocycles. The zero-order valence-corrected chi connectivity index (χ0v) is 20.7. The van der Waals surface area contributed by atoms with Gasteiger partial charge in [0.15, 0.2) is 0 Å². The first-order valence-electron chi connectivity index (χ1n) is 14.2. The summed E-state index contributed by atoms with van der Waals surface area (Å²) in [5.74, 6) is 1.54. The zero-order valence-electron chi connectivity index (χ0n) is 20.7. The Kier molecular flexibility index (Phi) is 9.92. The fourth-order valence-electron chi connectivity index (χ4n) is 6.04. The zero-order chi connectivity index (χ0) is 22.0. The van der Waals surface area contributed by atoms with E-state index in [1.807, 2.05) is 0 Å². The summed E-state index contributed by atoms with van der Waals surface area (Å²) in [6.45, 7) is 2.17. The molecule has 4 nitrogen and oxygen atoms in total. The molecule has 0 radical (unpaired) electrons. The molecule has 0 amide bonds. The first kappa shape index (κ1) is 24.2. The highest BCUT2D eigenvalue weighted by molar-refractivity contribution is 5.04. The molecule has 4 fully saturated rings. The van der Waals surface area contributed by atoms with Crippen LogP contribution in [0.4, 0.5) is 0 Å². The predicted molar refractivity (Wildman–Crippen MR) is 128 cm³/mol. The average molecular weight is 449 g/mol. The van der Waals surface area contributed by atoms with E-state index < -0.39 is 0 Å². The van der Waals surface area contributed by atoms with Crippen LogP contribution in [-0.2, 0) is 18.9 Å². The van der Waals surface area contributed by atoms with Crippen LogP contribution in [-0.4, -0.2) is 30.5 Å². The van der Waals surface area contributed by atoms with Crippen LogP contribution in [0, 0.1) is 0 Å². The van der Waals surface area contributed by atoms with Gasteiger partial charge in [-0.25, -0.2) is 0 Å². The minimum atomic E-state index is -0.109. The van der Waals surface area contributed by atoms with Gasteiger partial charge in [0, 0.05) is 0 Å². The van der Waals surface area contributed by atoms with Crippen LogP contribution in [0.1, 0.15) is 135 Å². The molecule has 4 saturated carbocycles. The van der Waals surface area contributed by atoms with Gasteiger partial charge in [0.25, 0.3) is 0 Å². The van der Waals surface area contributed by atoms with Crippen LogP contribution < -0.4 is 0 Å². The molecule has 0 aromatic carbocycles. The maximum absolute atomic E-state index is 6.74. The van der Waals surface area contributed by atoms with E-state index in [0.29, 0.717) is 12.0 Å². The van der Waals surface area contributed by atoms with Gasteiger partial charge in [-0.1, -0.05) is 38.5 Å². The maximum atomic E-state index is 6.74. The largest absolute Gasteiger partial charge is 0.485 e. The van der Waals surface area contributed by atoms with Crippen molar-refractivity contribution in [2.75, 3.05) is 0 Å². The first-order valence-corrected chi connectivity index (χ1v) is 14.2. The summed E-state index contributed by atoms with van der Waals surface area (Å²) >= 11 is 0. The monoisotopic (exact) mass is 448 g/mol. The van der Waals surface area contributed by atoms with E-state index >= 15 is 0 Å². The third-order valence-electron chi connectivity index (χ3n) is 8.02. The summed E-state index contributed by atoms with van der Waals surface area (Å²) in [7, 11) is 0. The lowest BCUT2D eigenvalue weighted by Crippen LogP contribution is -2.31. The number of rotatable bonds is 9. The molecule has 0 aromatic rings. The van der Waals surface area contributed by atoms with Crippen LogP contribution >= 0.6 is 0 Å². The van der Waals surface area contributed by atoms with Crippen LogP contribution in [0.5, 0.6) is 0 Å². The highest BCUT2D eigenvalue weighted by atomic mass is 16.7. The van der Waals surface area contributed by atoms with Crippen molar-refractivity contribution in [1.29, 1.82) is 0 Å². The SMILES string of the molecule is CC(OC1CCCCC1)C(OC1CCCCC1)=C(OC1CCCCC1)OC1CCCCC1. The number of hydrogen-bond donors (Lipinski definition) is 0. The van der Waals surface area contributed by atoms with Crippen molar-refractivity contribution < 1.29 is 18.9 Å². The van der Waals surface area contributed by atoms with E-state index in [1.54, 1.807) is 0 Å². The van der Waals surface area contributed by atoms with Gasteiger partial charge in [0.2, 0.25) is 5.76 Å². The average Bonchev–Trinajstić information content (AvgIpc) is 2.85. The molecule has 184 valence electrons. The van der Waals surface area contributed by atoms with Gasteiger partial charge in [0.1, 0.15) is 18.3 Å². The van der Waals surface area contributed by atoms with E-state index in [1.165, 1.54) is 89.9 Å². The highest BCUT2D eigenvalue weighted by Crippen LogP contribution is 2.33. The molecule has 4 rings (SSSR count). The van der Waals surface area contributed by atoms with Crippen LogP contribution in [0.15, 0.2) is 11.7 Å². The second kappa shape index (κ2) is 13.1. The Morgan fingerprint density at radius 2 is 0.812 bits per heavy atom. The summed E-state index contributed by atoms with van der Waals surface area (Å²) in [5, 5.41) is 0. The predicted octanol–water partition coefficient (Wildman–Crippen LogP) is 7.94. The quantitative estimate of drug-likeness (QED) is 0.335. The fraction of sp³-hybridized carbons (Fsp3) is 0.929. The third-order valence-corrected chi connectivity index (χ3v) is 8.02. The summed E-state index contributed by atoms with van der Waals surface area (Å²) in [6, 6.07) is 0. The third kappa shape index (κ3) is 7.57. The summed E-state index contributed by atoms with van der Waals surface area (Å²) in [6.07, 6.45) is 25.6. The Balaban J connectivity index is 1.54. The Labute approximate surface area is 196 Å². The molecule has 4 heteroatoms. The standard InChI is InChI=1S/C28H48O4/c1-22(29-23-14-6-2-7-15-23)27(30-24-16-8-3-9-17-24)28(31-25-18-10-4-11-19-25)32-26-20-12-5-13-21-26/h22-26H,2-21H2,1H3. The van der Waals surface area contributed by atoms with E-state index in [9.17, 15) is 0 Å². The van der Waals surface area contributed by atoms with Gasteiger partial charge in [0.05, 0.1) is 12.2 Å². The van der Waals surface area contributed by atoms with Crippen molar-refractivity contribution >= 4 is 0 Å². The lowest BCUT2D eigenvalue weighted by molar-refractivity contribution is -0.0987. The van der Waals surface area contributed by atoms with Crippen molar-refractivity contribution in [1.82, 2.24) is 0 Å². The molecule has 4 aliphatic carbocycles. The van der Waals surface area contributed by atoms with E-state index in [-0.39, 0.29) is 24.4 Å². The van der Waals surface area contributed by atoms with Gasteiger partial charge in [-0.15, -0.1) is 0 Å². The first-order chi connectivity index (χ1) is 15.8. The summed E-state index contributed by atoms with van der Waals surface area (Å²) in [5.41, 5.74) is 0. The normalized spacial score (nSPS) is 25.8. The Bertz CT molecular complexity index is 528. The molecular weight excluding hydrogens is 400 g/mol. The molecule has 0 N–H and O–H groups in total. The van der Waals surface area contributed by atoms with Crippen LogP contribution in [0.2, 0.25) is 0 Å². The lowest BCUT2D eigenvalue weighted by Gasteiger charge is -2.34. The maximum Gasteiger partial charge on any atom is 0.322 e. The van der Waals surface area contributed by atoms with Crippen molar-refractivity contribution in [3.63, 3.8) is 0 Å². The lowest BCUT2D eigenvalue weighted by atomic mass is 9.97. The Morgan fingerprint density at radius 3 is 1.22 bits per heavy atom. The molecule has 4 aliphatic rings. The number of ether oxygens (including phenoxy) is 4. The van der Waals surface area contributed by atoms with Crippen molar-refractivity contribution in [2.24, 2.45) is 0 Å². The molecule has 0 bridgehead atoms. The van der Waals surface area contributed by atoms with Crippen LogP contribution in [0.25, 0.3) is 0 Å². The van der Waals surface area contributed by atoms with Crippen molar-refractivity contribution in [2.45, 2.75) is 166 Å². The minimum absolute atomic E-state index is 0.109. The minimum Gasteiger partial charge on any atom is -0.485 e. The Hall–Kier alpha value is -0.900. The smallest absolute Gasteiger partial charge is 0.322 e. The summed E-state index contributed by atoms with van der Waals surface area (Å²) in [4.78, 5) is 0. The van der Waals surface area contributed by atoms with Gasteiger partial charge >= 0.3 is 5.95 Å². The van der Waals surface area contributed by atoms with E-state index in [0.717, 1.165) is 44.3 Å². The number of hydrogen-bond acceptors (Lipinski definition) is 4. The molecule has 1 atom stereocenters. The molecule has 0 spiro atoms. The Morgan fingerprint density at radius 1 is 0.469 bits per heavy atom. The second-order valence-electron chi connectivity index (χ2n) is 10.8. The molecule has 1 unspecified atom stereocenters. The van der Waals surface area contributed by atoms with Crippen molar-refractivity contribution in [3.05, 3.63) is 11.7 Å². The van der Waals surface area contributed by atoms with Gasteiger partial charge in [-0.3, -0.25) is 0 Å². The van der Waals surface area contributed by atoms with Crippen LogP contribution in [0.3, 0.4) is 0 Å². The molecular formula is C28H48O4. The van der Waals surface area contributed by atoms with Gasteiger partial charge in [-0.2, -0.15) is 0 Å². The topological polar surface area (TPSA) is 36.9 Å². The molecule has 0 heterocycles. The fourth-order valence-corrected chi connectivity index (χ4v) is 6.04. The molecule has 0 aromatic heterocycles. The van der Waals surface area contributed by atoms with Gasteiger partial charge < -0.3 is 18.9 Å². The van der Waals surface area contributed by atoms with E-state index in [4.69, 9.17) is 18.9 Å². The molecule has 0 saturated heterocycles. The molecule has 32 heavy (non-hydrogen) atoms. The van der Waals surface area contributed by atoms with Crippen molar-refractivity contribution in [3.8, 4) is 0 Å².